The molecular formula is C14H18O4S. The Morgan fingerprint density at radius 3 is 2.58 bits per heavy atom. The molecule has 0 saturated carbocycles. The lowest BCUT2D eigenvalue weighted by molar-refractivity contribution is -0.133. The first-order chi connectivity index (χ1) is 8.89. The summed E-state index contributed by atoms with van der Waals surface area (Å²) in [5.74, 6) is -0.620. The Labute approximate surface area is 114 Å². The van der Waals surface area contributed by atoms with Gasteiger partial charge in [0, 0.05) is 0 Å². The lowest BCUT2D eigenvalue weighted by Crippen LogP contribution is -2.20. The molecule has 1 aromatic carbocycles. The van der Waals surface area contributed by atoms with Gasteiger partial charge < -0.3 is 9.47 Å². The minimum Gasteiger partial charge on any atom is -0.347 e. The molecule has 0 amide bonds. The third-order valence-corrected chi connectivity index (χ3v) is 4.42. The smallest absolute Gasteiger partial charge is 0.181 e. The zero-order chi connectivity index (χ0) is 13.9. The highest BCUT2D eigenvalue weighted by atomic mass is 32.2. The summed E-state index contributed by atoms with van der Waals surface area (Å²) in [5.41, 5.74) is 0. The first-order valence-electron chi connectivity index (χ1n) is 6.15. The highest BCUT2D eigenvalue weighted by molar-refractivity contribution is 7.91. The predicted octanol–water partition coefficient (Wildman–Crippen LogP) is 2.17. The molecule has 0 bridgehead atoms. The van der Waals surface area contributed by atoms with Gasteiger partial charge in [-0.15, -0.1) is 0 Å². The third kappa shape index (κ3) is 3.89. The van der Waals surface area contributed by atoms with Crippen LogP contribution in [0.25, 0.3) is 0 Å². The number of rotatable bonds is 4. The maximum Gasteiger partial charge on any atom is 0.181 e. The largest absolute Gasteiger partial charge is 0.347 e. The summed E-state index contributed by atoms with van der Waals surface area (Å²) < 4.78 is 35.0. The molecule has 0 radical (unpaired) electrons. The molecule has 1 atom stereocenters. The maximum absolute atomic E-state index is 12.0. The summed E-state index contributed by atoms with van der Waals surface area (Å²) in [6.45, 7) is 4.12. The molecule has 1 aromatic rings. The highest BCUT2D eigenvalue weighted by Gasteiger charge is 2.30. The van der Waals surface area contributed by atoms with Gasteiger partial charge in [-0.25, -0.2) is 8.42 Å². The molecule has 0 N–H and O–H groups in total. The lowest BCUT2D eigenvalue weighted by Gasteiger charge is -2.15. The summed E-state index contributed by atoms with van der Waals surface area (Å²) in [4.78, 5) is 0.337. The molecule has 104 valence electrons. The topological polar surface area (TPSA) is 52.6 Å². The number of hydrogen-bond acceptors (Lipinski definition) is 4. The molecule has 2 rings (SSSR count). The van der Waals surface area contributed by atoms with E-state index in [1.54, 1.807) is 42.5 Å². The number of hydrogen-bond donors (Lipinski definition) is 0. The van der Waals surface area contributed by atoms with Gasteiger partial charge in [0.1, 0.15) is 6.10 Å². The first-order valence-corrected chi connectivity index (χ1v) is 7.80. The van der Waals surface area contributed by atoms with E-state index >= 15 is 0 Å². The van der Waals surface area contributed by atoms with Gasteiger partial charge >= 0.3 is 0 Å². The van der Waals surface area contributed by atoms with Gasteiger partial charge in [0.15, 0.2) is 15.6 Å². The fourth-order valence-corrected chi connectivity index (χ4v) is 3.00. The highest BCUT2D eigenvalue weighted by Crippen LogP contribution is 2.22. The van der Waals surface area contributed by atoms with E-state index in [-0.39, 0.29) is 11.9 Å². The zero-order valence-electron chi connectivity index (χ0n) is 11.1. The minimum absolute atomic E-state index is 0.0305. The summed E-state index contributed by atoms with van der Waals surface area (Å²) >= 11 is 0. The second-order valence-electron chi connectivity index (χ2n) is 4.89. The molecule has 0 aromatic heterocycles. The number of benzene rings is 1. The molecule has 1 unspecified atom stereocenters. The van der Waals surface area contributed by atoms with Gasteiger partial charge in [-0.05, 0) is 26.0 Å². The van der Waals surface area contributed by atoms with Crippen LogP contribution in [0.3, 0.4) is 0 Å². The second kappa shape index (κ2) is 5.45. The zero-order valence-corrected chi connectivity index (χ0v) is 11.9. The Morgan fingerprint density at radius 1 is 1.32 bits per heavy atom. The molecule has 1 fully saturated rings. The summed E-state index contributed by atoms with van der Waals surface area (Å²) in [5, 5.41) is 0. The minimum atomic E-state index is -3.26. The van der Waals surface area contributed by atoms with Crippen molar-refractivity contribution in [1.82, 2.24) is 0 Å². The van der Waals surface area contributed by atoms with Crippen molar-refractivity contribution in [3.05, 3.63) is 42.5 Å². The lowest BCUT2D eigenvalue weighted by atomic mass is 10.3. The Kier molecular flexibility index (Phi) is 4.08. The van der Waals surface area contributed by atoms with Crippen molar-refractivity contribution < 1.29 is 17.9 Å². The standard InChI is InChI=1S/C14H18O4S/c1-14(2)17-11-12(18-14)7-6-10-19(15,16)13-8-4-3-5-9-13/h3-9,12H,10-11H2,1-2H3/b7-6-. The van der Waals surface area contributed by atoms with Crippen molar-refractivity contribution in [2.75, 3.05) is 12.4 Å². The number of ether oxygens (including phenoxy) is 2. The second-order valence-corrected chi connectivity index (χ2v) is 6.92. The normalized spacial score (nSPS) is 22.9. The Balaban J connectivity index is 1.96. The predicted molar refractivity (Wildman–Crippen MR) is 72.5 cm³/mol. The summed E-state index contributed by atoms with van der Waals surface area (Å²) in [6, 6.07) is 8.42. The van der Waals surface area contributed by atoms with Crippen molar-refractivity contribution in [2.24, 2.45) is 0 Å². The maximum atomic E-state index is 12.0. The van der Waals surface area contributed by atoms with Crippen molar-refractivity contribution in [1.29, 1.82) is 0 Å². The van der Waals surface area contributed by atoms with Gasteiger partial charge in [0.2, 0.25) is 0 Å². The average molecular weight is 282 g/mol. The molecule has 1 saturated heterocycles. The van der Waals surface area contributed by atoms with Gasteiger partial charge in [0.05, 0.1) is 17.3 Å². The van der Waals surface area contributed by atoms with E-state index in [0.717, 1.165) is 0 Å². The molecule has 1 heterocycles. The van der Waals surface area contributed by atoms with E-state index in [1.165, 1.54) is 0 Å². The summed E-state index contributed by atoms with van der Waals surface area (Å²) in [6.07, 6.45) is 3.19. The van der Waals surface area contributed by atoms with E-state index in [4.69, 9.17) is 9.47 Å². The van der Waals surface area contributed by atoms with Crippen LogP contribution < -0.4 is 0 Å². The van der Waals surface area contributed by atoms with Crippen LogP contribution in [0.2, 0.25) is 0 Å². The fraction of sp³-hybridized carbons (Fsp3) is 0.429. The van der Waals surface area contributed by atoms with Crippen LogP contribution in [0, 0.1) is 0 Å². The van der Waals surface area contributed by atoms with Gasteiger partial charge in [-0.1, -0.05) is 30.4 Å². The average Bonchev–Trinajstić information content (AvgIpc) is 2.70. The fourth-order valence-electron chi connectivity index (χ4n) is 1.87. The van der Waals surface area contributed by atoms with Crippen LogP contribution >= 0.6 is 0 Å². The molecular weight excluding hydrogens is 264 g/mol. The molecule has 4 nitrogen and oxygen atoms in total. The molecule has 5 heteroatoms. The van der Waals surface area contributed by atoms with E-state index in [0.29, 0.717) is 11.5 Å². The van der Waals surface area contributed by atoms with Crippen molar-refractivity contribution in [3.63, 3.8) is 0 Å². The third-order valence-electron chi connectivity index (χ3n) is 2.80. The van der Waals surface area contributed by atoms with Crippen molar-refractivity contribution in [2.45, 2.75) is 30.6 Å². The van der Waals surface area contributed by atoms with E-state index in [2.05, 4.69) is 0 Å². The van der Waals surface area contributed by atoms with E-state index in [9.17, 15) is 8.42 Å². The molecule has 0 spiro atoms. The Hall–Kier alpha value is -1.17. The van der Waals surface area contributed by atoms with Crippen molar-refractivity contribution in [3.8, 4) is 0 Å². The van der Waals surface area contributed by atoms with Crippen LogP contribution in [-0.4, -0.2) is 32.7 Å². The Morgan fingerprint density at radius 2 is 2.00 bits per heavy atom. The molecule has 1 aliphatic heterocycles. The van der Waals surface area contributed by atoms with Crippen LogP contribution in [0.15, 0.2) is 47.4 Å². The SMILES string of the molecule is CC1(C)OCC(/C=C\CS(=O)(=O)c2ccccc2)O1. The number of sulfone groups is 1. The van der Waals surface area contributed by atoms with Crippen LogP contribution in [0.5, 0.6) is 0 Å². The monoisotopic (exact) mass is 282 g/mol. The van der Waals surface area contributed by atoms with Crippen LogP contribution in [-0.2, 0) is 19.3 Å². The van der Waals surface area contributed by atoms with Gasteiger partial charge in [-0.3, -0.25) is 0 Å². The summed E-state index contributed by atoms with van der Waals surface area (Å²) in [7, 11) is -3.26. The first kappa shape index (κ1) is 14.2. The van der Waals surface area contributed by atoms with Crippen LogP contribution in [0.4, 0.5) is 0 Å². The quantitative estimate of drug-likeness (QED) is 0.794. The van der Waals surface area contributed by atoms with E-state index < -0.39 is 15.6 Å². The molecule has 1 aliphatic rings. The van der Waals surface area contributed by atoms with Gasteiger partial charge in [-0.2, -0.15) is 0 Å². The van der Waals surface area contributed by atoms with Crippen LogP contribution in [0.1, 0.15) is 13.8 Å². The molecule has 19 heavy (non-hydrogen) atoms. The molecule has 0 aliphatic carbocycles. The van der Waals surface area contributed by atoms with Crippen molar-refractivity contribution >= 4 is 9.84 Å². The Bertz CT molecular complexity index is 546. The van der Waals surface area contributed by atoms with E-state index in [1.807, 2.05) is 13.8 Å². The van der Waals surface area contributed by atoms with Gasteiger partial charge in [0.25, 0.3) is 0 Å².